The predicted octanol–water partition coefficient (Wildman–Crippen LogP) is 3.66. The van der Waals surface area contributed by atoms with E-state index in [1.165, 1.54) is 5.56 Å². The van der Waals surface area contributed by atoms with Crippen LogP contribution in [0.2, 0.25) is 0 Å². The molecule has 4 rings (SSSR count). The monoisotopic (exact) mass is 319 g/mol. The summed E-state index contributed by atoms with van der Waals surface area (Å²) in [6.07, 6.45) is 3.22. The van der Waals surface area contributed by atoms with Gasteiger partial charge in [-0.2, -0.15) is 5.10 Å². The standard InChI is InChI=1S/C20H21N3O/c24-20(19-17-8-4-5-9-18(17)21-22-19)23-12-10-16(11-13-23)14-15-6-2-1-3-7-15/h1-9,16H,10-14H2,(H,21,22). The highest BCUT2D eigenvalue weighted by Crippen LogP contribution is 2.24. The van der Waals surface area contributed by atoms with Crippen molar-refractivity contribution in [2.45, 2.75) is 19.3 Å². The first kappa shape index (κ1) is 14.9. The van der Waals surface area contributed by atoms with Crippen LogP contribution in [0.15, 0.2) is 54.6 Å². The van der Waals surface area contributed by atoms with E-state index in [4.69, 9.17) is 0 Å². The summed E-state index contributed by atoms with van der Waals surface area (Å²) in [6.45, 7) is 1.63. The van der Waals surface area contributed by atoms with Gasteiger partial charge in [-0.05, 0) is 36.8 Å². The number of para-hydroxylation sites is 1. The lowest BCUT2D eigenvalue weighted by Gasteiger charge is -2.31. The lowest BCUT2D eigenvalue weighted by molar-refractivity contribution is 0.0686. The second kappa shape index (κ2) is 6.48. The van der Waals surface area contributed by atoms with Gasteiger partial charge in [0.2, 0.25) is 0 Å². The molecule has 1 N–H and O–H groups in total. The van der Waals surface area contributed by atoms with Crippen molar-refractivity contribution in [3.63, 3.8) is 0 Å². The molecule has 0 radical (unpaired) electrons. The van der Waals surface area contributed by atoms with Gasteiger partial charge in [-0.25, -0.2) is 0 Å². The van der Waals surface area contributed by atoms with Crippen LogP contribution in [-0.2, 0) is 6.42 Å². The van der Waals surface area contributed by atoms with Crippen molar-refractivity contribution in [2.24, 2.45) is 5.92 Å². The molecule has 3 aromatic rings. The van der Waals surface area contributed by atoms with Crippen LogP contribution < -0.4 is 0 Å². The molecular weight excluding hydrogens is 298 g/mol. The predicted molar refractivity (Wildman–Crippen MR) is 94.9 cm³/mol. The van der Waals surface area contributed by atoms with E-state index in [0.29, 0.717) is 11.6 Å². The Morgan fingerprint density at radius 1 is 1.04 bits per heavy atom. The van der Waals surface area contributed by atoms with Crippen LogP contribution in [0.25, 0.3) is 10.9 Å². The van der Waals surface area contributed by atoms with E-state index >= 15 is 0 Å². The molecule has 1 fully saturated rings. The number of rotatable bonds is 3. The number of benzene rings is 2. The van der Waals surface area contributed by atoms with Crippen molar-refractivity contribution in [1.29, 1.82) is 0 Å². The first-order chi connectivity index (χ1) is 11.8. The van der Waals surface area contributed by atoms with Gasteiger partial charge < -0.3 is 4.90 Å². The number of fused-ring (bicyclic) bond motifs is 1. The van der Waals surface area contributed by atoms with E-state index in [-0.39, 0.29) is 5.91 Å². The number of aromatic amines is 1. The second-order valence-electron chi connectivity index (χ2n) is 6.54. The summed E-state index contributed by atoms with van der Waals surface area (Å²) in [6, 6.07) is 18.4. The summed E-state index contributed by atoms with van der Waals surface area (Å²) in [5.41, 5.74) is 2.85. The van der Waals surface area contributed by atoms with E-state index in [1.807, 2.05) is 29.2 Å². The molecule has 0 atom stereocenters. The van der Waals surface area contributed by atoms with Crippen LogP contribution in [0.1, 0.15) is 28.9 Å². The molecule has 2 heterocycles. The van der Waals surface area contributed by atoms with Gasteiger partial charge in [0, 0.05) is 18.5 Å². The molecule has 2 aromatic carbocycles. The number of amides is 1. The van der Waals surface area contributed by atoms with Crippen LogP contribution >= 0.6 is 0 Å². The maximum absolute atomic E-state index is 12.8. The fourth-order valence-electron chi connectivity index (χ4n) is 3.56. The summed E-state index contributed by atoms with van der Waals surface area (Å²) >= 11 is 0. The van der Waals surface area contributed by atoms with Gasteiger partial charge in [-0.15, -0.1) is 0 Å². The Morgan fingerprint density at radius 3 is 2.54 bits per heavy atom. The van der Waals surface area contributed by atoms with Crippen molar-refractivity contribution >= 4 is 16.8 Å². The molecule has 1 amide bonds. The van der Waals surface area contributed by atoms with Crippen molar-refractivity contribution in [3.05, 3.63) is 65.9 Å². The number of carbonyl (C=O) groups excluding carboxylic acids is 1. The van der Waals surface area contributed by atoms with Crippen LogP contribution in [-0.4, -0.2) is 34.1 Å². The molecule has 122 valence electrons. The van der Waals surface area contributed by atoms with Gasteiger partial charge in [0.1, 0.15) is 0 Å². The molecule has 4 nitrogen and oxygen atoms in total. The Morgan fingerprint density at radius 2 is 1.75 bits per heavy atom. The number of hydrogen-bond donors (Lipinski definition) is 1. The topological polar surface area (TPSA) is 49.0 Å². The van der Waals surface area contributed by atoms with Crippen LogP contribution in [0.3, 0.4) is 0 Å². The van der Waals surface area contributed by atoms with E-state index in [1.54, 1.807) is 0 Å². The maximum Gasteiger partial charge on any atom is 0.274 e. The largest absolute Gasteiger partial charge is 0.337 e. The fraction of sp³-hybridized carbons (Fsp3) is 0.300. The molecule has 4 heteroatoms. The average Bonchev–Trinajstić information content (AvgIpc) is 3.07. The number of nitrogens with zero attached hydrogens (tertiary/aromatic N) is 2. The molecule has 1 aromatic heterocycles. The lowest BCUT2D eigenvalue weighted by atomic mass is 9.90. The SMILES string of the molecule is O=C(c1n[nH]c2ccccc12)N1CCC(Cc2ccccc2)CC1. The average molecular weight is 319 g/mol. The molecule has 0 spiro atoms. The fourth-order valence-corrected chi connectivity index (χ4v) is 3.56. The van der Waals surface area contributed by atoms with Gasteiger partial charge >= 0.3 is 0 Å². The quantitative estimate of drug-likeness (QED) is 0.801. The smallest absolute Gasteiger partial charge is 0.274 e. The minimum atomic E-state index is 0.0469. The van der Waals surface area contributed by atoms with E-state index in [0.717, 1.165) is 43.3 Å². The Bertz CT molecular complexity index is 832. The number of carbonyl (C=O) groups is 1. The number of aromatic nitrogens is 2. The minimum Gasteiger partial charge on any atom is -0.337 e. The van der Waals surface area contributed by atoms with E-state index in [9.17, 15) is 4.79 Å². The third-order valence-electron chi connectivity index (χ3n) is 4.94. The highest BCUT2D eigenvalue weighted by molar-refractivity contribution is 6.04. The zero-order valence-electron chi connectivity index (χ0n) is 13.6. The molecule has 0 aliphatic carbocycles. The van der Waals surface area contributed by atoms with E-state index < -0.39 is 0 Å². The Labute approximate surface area is 141 Å². The van der Waals surface area contributed by atoms with Crippen LogP contribution in [0.4, 0.5) is 0 Å². The summed E-state index contributed by atoms with van der Waals surface area (Å²) in [5, 5.41) is 8.10. The van der Waals surface area contributed by atoms with Crippen molar-refractivity contribution in [2.75, 3.05) is 13.1 Å². The first-order valence-electron chi connectivity index (χ1n) is 8.57. The summed E-state index contributed by atoms with van der Waals surface area (Å²) in [4.78, 5) is 14.7. The molecule has 1 aliphatic heterocycles. The Hall–Kier alpha value is -2.62. The molecule has 0 unspecified atom stereocenters. The van der Waals surface area contributed by atoms with Crippen LogP contribution in [0, 0.1) is 5.92 Å². The summed E-state index contributed by atoms with van der Waals surface area (Å²) < 4.78 is 0. The molecular formula is C20H21N3O. The number of hydrogen-bond acceptors (Lipinski definition) is 2. The molecule has 24 heavy (non-hydrogen) atoms. The number of H-pyrrole nitrogens is 1. The zero-order valence-corrected chi connectivity index (χ0v) is 13.6. The maximum atomic E-state index is 12.8. The summed E-state index contributed by atoms with van der Waals surface area (Å²) in [7, 11) is 0. The lowest BCUT2D eigenvalue weighted by Crippen LogP contribution is -2.39. The number of nitrogens with one attached hydrogen (secondary N) is 1. The van der Waals surface area contributed by atoms with Gasteiger partial charge in [0.05, 0.1) is 5.52 Å². The van der Waals surface area contributed by atoms with Crippen molar-refractivity contribution in [1.82, 2.24) is 15.1 Å². The third-order valence-corrected chi connectivity index (χ3v) is 4.94. The molecule has 0 saturated carbocycles. The Balaban J connectivity index is 1.41. The normalized spacial score (nSPS) is 15.8. The highest BCUT2D eigenvalue weighted by Gasteiger charge is 2.26. The number of piperidine rings is 1. The van der Waals surface area contributed by atoms with E-state index in [2.05, 4.69) is 40.5 Å². The number of likely N-dealkylation sites (tertiary alicyclic amines) is 1. The van der Waals surface area contributed by atoms with Gasteiger partial charge in [-0.3, -0.25) is 9.89 Å². The molecule has 1 saturated heterocycles. The molecule has 0 bridgehead atoms. The van der Waals surface area contributed by atoms with Gasteiger partial charge in [-0.1, -0.05) is 48.5 Å². The summed E-state index contributed by atoms with van der Waals surface area (Å²) in [5.74, 6) is 0.706. The van der Waals surface area contributed by atoms with Crippen molar-refractivity contribution < 1.29 is 4.79 Å². The van der Waals surface area contributed by atoms with Crippen LogP contribution in [0.5, 0.6) is 0 Å². The highest BCUT2D eigenvalue weighted by atomic mass is 16.2. The zero-order chi connectivity index (χ0) is 16.4. The Kier molecular flexibility index (Phi) is 4.03. The van der Waals surface area contributed by atoms with Gasteiger partial charge in [0.15, 0.2) is 5.69 Å². The first-order valence-corrected chi connectivity index (χ1v) is 8.57. The minimum absolute atomic E-state index is 0.0469. The van der Waals surface area contributed by atoms with Crippen molar-refractivity contribution in [3.8, 4) is 0 Å². The van der Waals surface area contributed by atoms with Gasteiger partial charge in [0.25, 0.3) is 5.91 Å². The second-order valence-corrected chi connectivity index (χ2v) is 6.54. The molecule has 1 aliphatic rings. The third kappa shape index (κ3) is 2.92.